The van der Waals surface area contributed by atoms with Gasteiger partial charge in [0.15, 0.2) is 0 Å². The van der Waals surface area contributed by atoms with Crippen LogP contribution in [-0.4, -0.2) is 67.3 Å². The van der Waals surface area contributed by atoms with Crippen molar-refractivity contribution < 1.29 is 19.4 Å². The maximum atomic E-state index is 11.7. The van der Waals surface area contributed by atoms with Crippen LogP contribution in [0.3, 0.4) is 0 Å². The van der Waals surface area contributed by atoms with Gasteiger partial charge in [0.1, 0.15) is 17.7 Å². The Labute approximate surface area is 123 Å². The minimum Gasteiger partial charge on any atom is -0.480 e. The Morgan fingerprint density at radius 2 is 2.14 bits per heavy atom. The molecule has 1 rings (SSSR count). The number of hydrogen-bond donors (Lipinski definition) is 3. The minimum absolute atomic E-state index is 0.148. The number of carbonyl (C=O) groups is 2. The third-order valence-corrected chi connectivity index (χ3v) is 3.01. The van der Waals surface area contributed by atoms with E-state index in [1.807, 2.05) is 0 Å². The van der Waals surface area contributed by atoms with Crippen LogP contribution in [0, 0.1) is 11.3 Å². The summed E-state index contributed by atoms with van der Waals surface area (Å²) in [6, 6.07) is 0.705. The fraction of sp³-hybridized carbons (Fsp3) is 0.615. The molecular weight excluding hydrogens is 276 g/mol. The van der Waals surface area contributed by atoms with E-state index in [4.69, 9.17) is 15.1 Å². The van der Waals surface area contributed by atoms with E-state index in [1.165, 1.54) is 13.1 Å². The molecule has 21 heavy (non-hydrogen) atoms. The average Bonchev–Trinajstić information content (AvgIpc) is 2.48. The molecule has 1 saturated heterocycles. The first-order valence-electron chi connectivity index (χ1n) is 6.72. The van der Waals surface area contributed by atoms with Gasteiger partial charge in [0.2, 0.25) is 0 Å². The standard InChI is InChI=1S/C13H20N4O4/c1-10(13(19)20)16-12(18)11(8-14)9-15-2-3-17-4-6-21-7-5-17/h9-10,15H,2-7H2,1H3,(H,16,18)(H,19,20)/b11-9-. The zero-order valence-corrected chi connectivity index (χ0v) is 12.0. The molecule has 0 aromatic heterocycles. The topological polar surface area (TPSA) is 115 Å². The number of carboxylic acids is 1. The van der Waals surface area contributed by atoms with Gasteiger partial charge in [0, 0.05) is 32.4 Å². The van der Waals surface area contributed by atoms with Crippen molar-refractivity contribution >= 4 is 11.9 Å². The smallest absolute Gasteiger partial charge is 0.325 e. The molecule has 1 amide bonds. The summed E-state index contributed by atoms with van der Waals surface area (Å²) in [7, 11) is 0. The monoisotopic (exact) mass is 296 g/mol. The van der Waals surface area contributed by atoms with Crippen LogP contribution in [0.2, 0.25) is 0 Å². The van der Waals surface area contributed by atoms with Gasteiger partial charge in [-0.2, -0.15) is 5.26 Å². The first kappa shape index (κ1) is 16.9. The Kier molecular flexibility index (Phi) is 7.21. The van der Waals surface area contributed by atoms with Gasteiger partial charge in [-0.3, -0.25) is 14.5 Å². The number of carbonyl (C=O) groups excluding carboxylic acids is 1. The van der Waals surface area contributed by atoms with Gasteiger partial charge in [-0.15, -0.1) is 0 Å². The molecule has 0 aliphatic carbocycles. The highest BCUT2D eigenvalue weighted by molar-refractivity contribution is 5.99. The van der Waals surface area contributed by atoms with Gasteiger partial charge < -0.3 is 20.5 Å². The lowest BCUT2D eigenvalue weighted by atomic mass is 10.2. The summed E-state index contributed by atoms with van der Waals surface area (Å²) in [5.74, 6) is -1.85. The summed E-state index contributed by atoms with van der Waals surface area (Å²) in [5, 5.41) is 22.7. The highest BCUT2D eigenvalue weighted by Crippen LogP contribution is 1.96. The molecule has 116 valence electrons. The van der Waals surface area contributed by atoms with Crippen molar-refractivity contribution in [3.63, 3.8) is 0 Å². The van der Waals surface area contributed by atoms with E-state index in [-0.39, 0.29) is 5.57 Å². The van der Waals surface area contributed by atoms with Crippen LogP contribution in [-0.2, 0) is 14.3 Å². The van der Waals surface area contributed by atoms with E-state index in [1.54, 1.807) is 6.07 Å². The number of ether oxygens (including phenoxy) is 1. The lowest BCUT2D eigenvalue weighted by Crippen LogP contribution is -2.40. The lowest BCUT2D eigenvalue weighted by molar-refractivity contribution is -0.140. The molecule has 8 heteroatoms. The number of nitrogens with zero attached hydrogens (tertiary/aromatic N) is 2. The predicted octanol–water partition coefficient (Wildman–Crippen LogP) is -1.10. The summed E-state index contributed by atoms with van der Waals surface area (Å²) in [4.78, 5) is 24.5. The molecule has 0 aromatic carbocycles. The molecule has 1 atom stereocenters. The quantitative estimate of drug-likeness (QED) is 0.310. The first-order chi connectivity index (χ1) is 10.0. The number of nitrogens with one attached hydrogen (secondary N) is 2. The van der Waals surface area contributed by atoms with Crippen molar-refractivity contribution in [2.75, 3.05) is 39.4 Å². The molecule has 8 nitrogen and oxygen atoms in total. The fourth-order valence-corrected chi connectivity index (χ4v) is 1.71. The number of carboxylic acid groups (broad SMARTS) is 1. The van der Waals surface area contributed by atoms with Crippen LogP contribution in [0.5, 0.6) is 0 Å². The number of aliphatic carboxylic acids is 1. The Morgan fingerprint density at radius 3 is 2.71 bits per heavy atom. The van der Waals surface area contributed by atoms with Crippen LogP contribution in [0.1, 0.15) is 6.92 Å². The fourth-order valence-electron chi connectivity index (χ4n) is 1.71. The van der Waals surface area contributed by atoms with Crippen molar-refractivity contribution in [1.29, 1.82) is 5.26 Å². The third kappa shape index (κ3) is 6.25. The summed E-state index contributed by atoms with van der Waals surface area (Å²) in [6.07, 6.45) is 1.31. The molecule has 0 saturated carbocycles. The average molecular weight is 296 g/mol. The summed E-state index contributed by atoms with van der Waals surface area (Å²) < 4.78 is 5.23. The number of amides is 1. The Morgan fingerprint density at radius 1 is 1.48 bits per heavy atom. The van der Waals surface area contributed by atoms with Crippen LogP contribution in [0.4, 0.5) is 0 Å². The van der Waals surface area contributed by atoms with E-state index in [9.17, 15) is 9.59 Å². The van der Waals surface area contributed by atoms with Crippen molar-refractivity contribution in [2.45, 2.75) is 13.0 Å². The number of nitriles is 1. The van der Waals surface area contributed by atoms with Gasteiger partial charge in [0.25, 0.3) is 5.91 Å². The molecule has 1 unspecified atom stereocenters. The molecular formula is C13H20N4O4. The van der Waals surface area contributed by atoms with E-state index in [0.29, 0.717) is 6.54 Å². The largest absolute Gasteiger partial charge is 0.480 e. The lowest BCUT2D eigenvalue weighted by Gasteiger charge is -2.26. The number of rotatable bonds is 7. The Balaban J connectivity index is 2.35. The summed E-state index contributed by atoms with van der Waals surface area (Å²) in [5.41, 5.74) is -0.148. The molecule has 1 aliphatic rings. The van der Waals surface area contributed by atoms with Gasteiger partial charge >= 0.3 is 5.97 Å². The maximum Gasteiger partial charge on any atom is 0.325 e. The normalized spacial score (nSPS) is 17.6. The molecule has 0 aromatic rings. The zero-order valence-electron chi connectivity index (χ0n) is 12.0. The second-order valence-corrected chi connectivity index (χ2v) is 4.61. The van der Waals surface area contributed by atoms with Crippen molar-refractivity contribution in [2.24, 2.45) is 0 Å². The highest BCUT2D eigenvalue weighted by Gasteiger charge is 2.17. The van der Waals surface area contributed by atoms with Gasteiger partial charge in [0.05, 0.1) is 13.2 Å². The van der Waals surface area contributed by atoms with Crippen molar-refractivity contribution in [3.05, 3.63) is 11.8 Å². The number of hydrogen-bond acceptors (Lipinski definition) is 6. The van der Waals surface area contributed by atoms with E-state index >= 15 is 0 Å². The predicted molar refractivity (Wildman–Crippen MR) is 74.2 cm³/mol. The van der Waals surface area contributed by atoms with E-state index < -0.39 is 17.9 Å². The van der Waals surface area contributed by atoms with Gasteiger partial charge in [-0.05, 0) is 6.92 Å². The van der Waals surface area contributed by atoms with E-state index in [2.05, 4.69) is 15.5 Å². The summed E-state index contributed by atoms with van der Waals surface area (Å²) in [6.45, 7) is 5.88. The second-order valence-electron chi connectivity index (χ2n) is 4.61. The SMILES string of the molecule is CC(NC(=O)/C(C#N)=C\NCCN1CCOCC1)C(=O)O. The van der Waals surface area contributed by atoms with Crippen LogP contribution in [0.25, 0.3) is 0 Å². The maximum absolute atomic E-state index is 11.7. The zero-order chi connectivity index (χ0) is 15.7. The molecule has 3 N–H and O–H groups in total. The van der Waals surface area contributed by atoms with E-state index in [0.717, 1.165) is 32.8 Å². The summed E-state index contributed by atoms with van der Waals surface area (Å²) >= 11 is 0. The number of morpholine rings is 1. The molecule has 1 fully saturated rings. The molecule has 0 radical (unpaired) electrons. The highest BCUT2D eigenvalue weighted by atomic mass is 16.5. The van der Waals surface area contributed by atoms with Crippen molar-refractivity contribution in [1.82, 2.24) is 15.5 Å². The van der Waals surface area contributed by atoms with Crippen LogP contribution in [0.15, 0.2) is 11.8 Å². The molecule has 1 heterocycles. The minimum atomic E-state index is -1.15. The van der Waals surface area contributed by atoms with Crippen molar-refractivity contribution in [3.8, 4) is 6.07 Å². The van der Waals surface area contributed by atoms with Gasteiger partial charge in [-0.25, -0.2) is 0 Å². The third-order valence-electron chi connectivity index (χ3n) is 3.01. The molecule has 0 spiro atoms. The molecule has 0 bridgehead atoms. The Hall–Kier alpha value is -2.11. The van der Waals surface area contributed by atoms with Crippen LogP contribution >= 0.6 is 0 Å². The first-order valence-corrected chi connectivity index (χ1v) is 6.72. The van der Waals surface area contributed by atoms with Crippen LogP contribution < -0.4 is 10.6 Å². The second kappa shape index (κ2) is 8.94. The van der Waals surface area contributed by atoms with Gasteiger partial charge in [-0.1, -0.05) is 0 Å². The molecule has 1 aliphatic heterocycles. The Bertz CT molecular complexity index is 438.